The predicted molar refractivity (Wildman–Crippen MR) is 53.9 cm³/mol. The first-order chi connectivity index (χ1) is 6.32. The Labute approximate surface area is 85.1 Å². The van der Waals surface area contributed by atoms with Crippen molar-refractivity contribution in [2.75, 3.05) is 0 Å². The molecule has 1 fully saturated rings. The Kier molecular flexibility index (Phi) is 3.20. The molecule has 0 aliphatic heterocycles. The molecule has 0 heterocycles. The summed E-state index contributed by atoms with van der Waals surface area (Å²) in [4.78, 5) is 10.9. The molecule has 3 heteroatoms. The Bertz CT molecular complexity index is 217. The van der Waals surface area contributed by atoms with E-state index < -0.39 is 18.0 Å². The lowest BCUT2D eigenvalue weighted by atomic mass is 9.68. The smallest absolute Gasteiger partial charge is 0.309 e. The van der Waals surface area contributed by atoms with E-state index >= 15 is 0 Å². The van der Waals surface area contributed by atoms with Gasteiger partial charge in [0, 0.05) is 0 Å². The van der Waals surface area contributed by atoms with Crippen LogP contribution >= 0.6 is 0 Å². The van der Waals surface area contributed by atoms with Crippen LogP contribution in [0.15, 0.2) is 0 Å². The minimum Gasteiger partial charge on any atom is -0.481 e. The lowest BCUT2D eigenvalue weighted by Crippen LogP contribution is -2.38. The van der Waals surface area contributed by atoms with Gasteiger partial charge in [0.1, 0.15) is 0 Å². The van der Waals surface area contributed by atoms with Crippen molar-refractivity contribution in [3.63, 3.8) is 0 Å². The summed E-state index contributed by atoms with van der Waals surface area (Å²) < 4.78 is 0. The lowest BCUT2D eigenvalue weighted by Gasteiger charge is -2.38. The van der Waals surface area contributed by atoms with Gasteiger partial charge in [0.05, 0.1) is 12.0 Å². The number of carboxylic acids is 1. The number of carboxylic acid groups (broad SMARTS) is 1. The van der Waals surface area contributed by atoms with Crippen molar-refractivity contribution in [2.24, 2.45) is 17.3 Å². The van der Waals surface area contributed by atoms with E-state index in [1.807, 2.05) is 0 Å². The molecule has 0 saturated heterocycles. The van der Waals surface area contributed by atoms with Crippen molar-refractivity contribution >= 4 is 5.97 Å². The van der Waals surface area contributed by atoms with Gasteiger partial charge in [-0.15, -0.1) is 0 Å². The molecule has 1 saturated carbocycles. The molecule has 0 unspecified atom stereocenters. The molecule has 14 heavy (non-hydrogen) atoms. The van der Waals surface area contributed by atoms with Gasteiger partial charge in [-0.2, -0.15) is 0 Å². The SMILES string of the molecule is CC(C)(C)[C@H]1CC[C@H](O)[C@H](C(=O)O)C1. The largest absolute Gasteiger partial charge is 0.481 e. The summed E-state index contributed by atoms with van der Waals surface area (Å²) in [5.41, 5.74) is 0.147. The molecule has 0 bridgehead atoms. The van der Waals surface area contributed by atoms with E-state index in [2.05, 4.69) is 20.8 Å². The molecule has 0 aromatic rings. The molecule has 0 spiro atoms. The van der Waals surface area contributed by atoms with E-state index in [9.17, 15) is 9.90 Å². The molecule has 0 aromatic heterocycles. The van der Waals surface area contributed by atoms with Crippen LogP contribution in [-0.2, 0) is 4.79 Å². The van der Waals surface area contributed by atoms with Crippen LogP contribution in [-0.4, -0.2) is 22.3 Å². The molecular formula is C11H20O3. The van der Waals surface area contributed by atoms with Gasteiger partial charge in [0.15, 0.2) is 0 Å². The number of hydrogen-bond acceptors (Lipinski definition) is 2. The van der Waals surface area contributed by atoms with Crippen molar-refractivity contribution in [3.8, 4) is 0 Å². The molecular weight excluding hydrogens is 180 g/mol. The van der Waals surface area contributed by atoms with Crippen LogP contribution in [0.2, 0.25) is 0 Å². The van der Waals surface area contributed by atoms with Crippen LogP contribution in [0.25, 0.3) is 0 Å². The minimum atomic E-state index is -0.855. The fourth-order valence-corrected chi connectivity index (χ4v) is 2.21. The lowest BCUT2D eigenvalue weighted by molar-refractivity contribution is -0.149. The van der Waals surface area contributed by atoms with Gasteiger partial charge in [-0.05, 0) is 30.6 Å². The number of aliphatic hydroxyl groups is 1. The zero-order valence-corrected chi connectivity index (χ0v) is 9.16. The van der Waals surface area contributed by atoms with Crippen LogP contribution in [0.5, 0.6) is 0 Å². The molecule has 2 N–H and O–H groups in total. The highest BCUT2D eigenvalue weighted by atomic mass is 16.4. The average Bonchev–Trinajstić information content (AvgIpc) is 2.02. The van der Waals surface area contributed by atoms with Gasteiger partial charge < -0.3 is 10.2 Å². The summed E-state index contributed by atoms with van der Waals surface area (Å²) in [6, 6.07) is 0. The standard InChI is InChI=1S/C11H20O3/c1-11(2,3)7-4-5-9(12)8(6-7)10(13)14/h7-9,12H,4-6H2,1-3H3,(H,13,14)/t7-,8+,9-/m0/s1. The molecule has 0 aromatic carbocycles. The van der Waals surface area contributed by atoms with Crippen LogP contribution in [0.4, 0.5) is 0 Å². The number of aliphatic hydroxyl groups excluding tert-OH is 1. The third-order valence-corrected chi connectivity index (χ3v) is 3.36. The van der Waals surface area contributed by atoms with Crippen LogP contribution < -0.4 is 0 Å². The van der Waals surface area contributed by atoms with Crippen LogP contribution in [0.3, 0.4) is 0 Å². The second-order valence-corrected chi connectivity index (χ2v) is 5.39. The second kappa shape index (κ2) is 3.89. The number of carbonyl (C=O) groups is 1. The number of rotatable bonds is 1. The van der Waals surface area contributed by atoms with Gasteiger partial charge in [-0.25, -0.2) is 0 Å². The Morgan fingerprint density at radius 2 is 1.86 bits per heavy atom. The average molecular weight is 200 g/mol. The highest BCUT2D eigenvalue weighted by molar-refractivity contribution is 5.70. The van der Waals surface area contributed by atoms with Crippen molar-refractivity contribution in [3.05, 3.63) is 0 Å². The van der Waals surface area contributed by atoms with Gasteiger partial charge in [-0.1, -0.05) is 20.8 Å². The zero-order chi connectivity index (χ0) is 10.9. The van der Waals surface area contributed by atoms with Crippen LogP contribution in [0, 0.1) is 17.3 Å². The number of aliphatic carboxylic acids is 1. The van der Waals surface area contributed by atoms with Crippen molar-refractivity contribution in [1.29, 1.82) is 0 Å². The molecule has 1 aliphatic carbocycles. The van der Waals surface area contributed by atoms with Gasteiger partial charge in [0.2, 0.25) is 0 Å². The molecule has 3 atom stereocenters. The quantitative estimate of drug-likeness (QED) is 0.679. The molecule has 1 aliphatic rings. The molecule has 0 radical (unpaired) electrons. The summed E-state index contributed by atoms with van der Waals surface area (Å²) >= 11 is 0. The highest BCUT2D eigenvalue weighted by Crippen LogP contribution is 2.40. The maximum Gasteiger partial charge on any atom is 0.309 e. The number of hydrogen-bond donors (Lipinski definition) is 2. The summed E-state index contributed by atoms with van der Waals surface area (Å²) in [5.74, 6) is -1.01. The summed E-state index contributed by atoms with van der Waals surface area (Å²) in [5, 5.41) is 18.5. The van der Waals surface area contributed by atoms with Crippen LogP contribution in [0.1, 0.15) is 40.0 Å². The summed E-state index contributed by atoms with van der Waals surface area (Å²) in [6.07, 6.45) is 1.53. The first-order valence-electron chi connectivity index (χ1n) is 5.23. The van der Waals surface area contributed by atoms with Gasteiger partial charge in [-0.3, -0.25) is 4.79 Å². The first kappa shape index (κ1) is 11.5. The van der Waals surface area contributed by atoms with E-state index in [1.54, 1.807) is 0 Å². The van der Waals surface area contributed by atoms with Crippen molar-refractivity contribution in [1.82, 2.24) is 0 Å². The van der Waals surface area contributed by atoms with E-state index in [0.717, 1.165) is 6.42 Å². The third-order valence-electron chi connectivity index (χ3n) is 3.36. The van der Waals surface area contributed by atoms with E-state index in [0.29, 0.717) is 18.8 Å². The van der Waals surface area contributed by atoms with Crippen molar-refractivity contribution in [2.45, 2.75) is 46.1 Å². The maximum absolute atomic E-state index is 10.9. The summed E-state index contributed by atoms with van der Waals surface area (Å²) in [6.45, 7) is 6.40. The fourth-order valence-electron chi connectivity index (χ4n) is 2.21. The molecule has 0 amide bonds. The Balaban J connectivity index is 2.67. The van der Waals surface area contributed by atoms with E-state index in [1.165, 1.54) is 0 Å². The third kappa shape index (κ3) is 2.47. The Morgan fingerprint density at radius 3 is 2.29 bits per heavy atom. The second-order valence-electron chi connectivity index (χ2n) is 5.39. The van der Waals surface area contributed by atoms with E-state index in [-0.39, 0.29) is 5.41 Å². The normalized spacial score (nSPS) is 34.1. The van der Waals surface area contributed by atoms with E-state index in [4.69, 9.17) is 5.11 Å². The molecule has 3 nitrogen and oxygen atoms in total. The summed E-state index contributed by atoms with van der Waals surface area (Å²) in [7, 11) is 0. The van der Waals surface area contributed by atoms with Gasteiger partial charge in [0.25, 0.3) is 0 Å². The molecule has 82 valence electrons. The van der Waals surface area contributed by atoms with Crippen molar-refractivity contribution < 1.29 is 15.0 Å². The Hall–Kier alpha value is -0.570. The minimum absolute atomic E-state index is 0.147. The Morgan fingerprint density at radius 1 is 1.29 bits per heavy atom. The predicted octanol–water partition coefficient (Wildman–Crippen LogP) is 1.89. The monoisotopic (exact) mass is 200 g/mol. The molecule has 1 rings (SSSR count). The fraction of sp³-hybridized carbons (Fsp3) is 0.909. The topological polar surface area (TPSA) is 57.5 Å². The first-order valence-corrected chi connectivity index (χ1v) is 5.23. The maximum atomic E-state index is 10.9. The highest BCUT2D eigenvalue weighted by Gasteiger charge is 2.38. The zero-order valence-electron chi connectivity index (χ0n) is 9.16. The van der Waals surface area contributed by atoms with Gasteiger partial charge >= 0.3 is 5.97 Å².